The number of nitrogens with two attached hydrogens (primary N) is 1. The van der Waals surface area contributed by atoms with Crippen LogP contribution in [0, 0.1) is 0 Å². The standard InChI is InChI=1S/C9H17N3O3/c10-9(15)11-7-2-1-4-12(6-7)8(14)3-5-13/h7,13H,1-6H2,(H3,10,11,15)/t7-/m1/s1. The average Bonchev–Trinajstić information content (AvgIpc) is 2.17. The highest BCUT2D eigenvalue weighted by atomic mass is 16.3. The second-order valence-corrected chi connectivity index (χ2v) is 3.66. The van der Waals surface area contributed by atoms with Gasteiger partial charge < -0.3 is 21.1 Å². The van der Waals surface area contributed by atoms with Crippen LogP contribution in [0.2, 0.25) is 0 Å². The second kappa shape index (κ2) is 5.55. The molecule has 1 rings (SSSR count). The molecular weight excluding hydrogens is 198 g/mol. The molecule has 0 bridgehead atoms. The summed E-state index contributed by atoms with van der Waals surface area (Å²) in [6.07, 6.45) is 1.83. The van der Waals surface area contributed by atoms with Crippen LogP contribution in [0.4, 0.5) is 4.79 Å². The smallest absolute Gasteiger partial charge is 0.312 e. The molecule has 86 valence electrons. The average molecular weight is 215 g/mol. The maximum atomic E-state index is 11.5. The summed E-state index contributed by atoms with van der Waals surface area (Å²) in [6, 6.07) is -0.615. The minimum Gasteiger partial charge on any atom is -0.396 e. The van der Waals surface area contributed by atoms with E-state index in [2.05, 4.69) is 5.32 Å². The monoisotopic (exact) mass is 215 g/mol. The topological polar surface area (TPSA) is 95.7 Å². The van der Waals surface area contributed by atoms with Gasteiger partial charge in [0.1, 0.15) is 0 Å². The number of aliphatic hydroxyl groups excluding tert-OH is 1. The number of primary amides is 1. The van der Waals surface area contributed by atoms with Gasteiger partial charge in [-0.1, -0.05) is 0 Å². The van der Waals surface area contributed by atoms with Gasteiger partial charge in [0.15, 0.2) is 0 Å². The first-order chi connectivity index (χ1) is 7.13. The molecule has 4 N–H and O–H groups in total. The lowest BCUT2D eigenvalue weighted by molar-refractivity contribution is -0.133. The van der Waals surface area contributed by atoms with E-state index in [0.717, 1.165) is 12.8 Å². The maximum absolute atomic E-state index is 11.5. The molecule has 0 aromatic heterocycles. The highest BCUT2D eigenvalue weighted by Crippen LogP contribution is 2.10. The molecule has 0 radical (unpaired) electrons. The van der Waals surface area contributed by atoms with Crippen molar-refractivity contribution in [1.82, 2.24) is 10.2 Å². The number of nitrogens with zero attached hydrogens (tertiary/aromatic N) is 1. The van der Waals surface area contributed by atoms with Crippen molar-refractivity contribution in [2.24, 2.45) is 5.73 Å². The first-order valence-corrected chi connectivity index (χ1v) is 5.08. The molecule has 3 amide bonds. The van der Waals surface area contributed by atoms with Crippen LogP contribution in [0.5, 0.6) is 0 Å². The molecule has 1 aliphatic heterocycles. The first-order valence-electron chi connectivity index (χ1n) is 5.08. The molecule has 15 heavy (non-hydrogen) atoms. The summed E-state index contributed by atoms with van der Waals surface area (Å²) in [7, 11) is 0. The van der Waals surface area contributed by atoms with E-state index < -0.39 is 6.03 Å². The Balaban J connectivity index is 2.41. The zero-order chi connectivity index (χ0) is 11.3. The SMILES string of the molecule is NC(=O)N[C@@H]1CCCN(C(=O)CCO)C1. The number of hydrogen-bond donors (Lipinski definition) is 3. The Morgan fingerprint density at radius 1 is 1.53 bits per heavy atom. The van der Waals surface area contributed by atoms with E-state index in [1.807, 2.05) is 0 Å². The molecule has 1 atom stereocenters. The van der Waals surface area contributed by atoms with E-state index in [-0.39, 0.29) is 25.0 Å². The number of carbonyl (C=O) groups excluding carboxylic acids is 2. The predicted molar refractivity (Wildman–Crippen MR) is 54.0 cm³/mol. The lowest BCUT2D eigenvalue weighted by Gasteiger charge is -2.32. The molecule has 1 heterocycles. The largest absolute Gasteiger partial charge is 0.396 e. The fourth-order valence-corrected chi connectivity index (χ4v) is 1.78. The Morgan fingerprint density at radius 2 is 2.27 bits per heavy atom. The van der Waals surface area contributed by atoms with E-state index in [1.165, 1.54) is 0 Å². The molecule has 0 saturated carbocycles. The van der Waals surface area contributed by atoms with Crippen molar-refractivity contribution in [3.8, 4) is 0 Å². The number of nitrogens with one attached hydrogen (secondary N) is 1. The number of aliphatic hydroxyl groups is 1. The van der Waals surface area contributed by atoms with Crippen LogP contribution >= 0.6 is 0 Å². The van der Waals surface area contributed by atoms with Gasteiger partial charge in [0.05, 0.1) is 6.61 Å². The minimum absolute atomic E-state index is 0.0566. The van der Waals surface area contributed by atoms with Gasteiger partial charge in [0, 0.05) is 25.6 Å². The maximum Gasteiger partial charge on any atom is 0.312 e. The van der Waals surface area contributed by atoms with Gasteiger partial charge in [0.2, 0.25) is 5.91 Å². The quantitative estimate of drug-likeness (QED) is 0.565. The summed E-state index contributed by atoms with van der Waals surface area (Å²) in [5.74, 6) is -0.0755. The summed E-state index contributed by atoms with van der Waals surface area (Å²) in [5, 5.41) is 11.2. The van der Waals surface area contributed by atoms with E-state index in [4.69, 9.17) is 10.8 Å². The molecule has 0 aliphatic carbocycles. The molecule has 1 saturated heterocycles. The number of amides is 3. The van der Waals surface area contributed by atoms with Crippen molar-refractivity contribution in [2.45, 2.75) is 25.3 Å². The zero-order valence-corrected chi connectivity index (χ0v) is 8.61. The molecule has 0 aromatic carbocycles. The van der Waals surface area contributed by atoms with Crippen molar-refractivity contribution in [3.63, 3.8) is 0 Å². The third-order valence-corrected chi connectivity index (χ3v) is 2.45. The number of urea groups is 1. The van der Waals surface area contributed by atoms with Crippen LogP contribution in [-0.2, 0) is 4.79 Å². The third-order valence-electron chi connectivity index (χ3n) is 2.45. The van der Waals surface area contributed by atoms with Crippen molar-refractivity contribution in [3.05, 3.63) is 0 Å². The summed E-state index contributed by atoms with van der Waals surface area (Å²) in [5.41, 5.74) is 5.01. The van der Waals surface area contributed by atoms with Crippen molar-refractivity contribution < 1.29 is 14.7 Å². The highest BCUT2D eigenvalue weighted by molar-refractivity contribution is 5.76. The first kappa shape index (κ1) is 11.8. The van der Waals surface area contributed by atoms with Crippen LogP contribution in [0.25, 0.3) is 0 Å². The predicted octanol–water partition coefficient (Wildman–Crippen LogP) is -0.972. The fourth-order valence-electron chi connectivity index (χ4n) is 1.78. The van der Waals surface area contributed by atoms with E-state index >= 15 is 0 Å². The van der Waals surface area contributed by atoms with Gasteiger partial charge in [-0.05, 0) is 12.8 Å². The van der Waals surface area contributed by atoms with Crippen LogP contribution in [0.15, 0.2) is 0 Å². The summed E-state index contributed by atoms with van der Waals surface area (Å²) >= 11 is 0. The van der Waals surface area contributed by atoms with E-state index in [9.17, 15) is 9.59 Å². The molecule has 6 nitrogen and oxygen atoms in total. The Bertz CT molecular complexity index is 245. The fraction of sp³-hybridized carbons (Fsp3) is 0.778. The molecule has 1 fully saturated rings. The van der Waals surface area contributed by atoms with Crippen molar-refractivity contribution in [2.75, 3.05) is 19.7 Å². The van der Waals surface area contributed by atoms with Gasteiger partial charge in [-0.3, -0.25) is 4.79 Å². The lowest BCUT2D eigenvalue weighted by Crippen LogP contribution is -2.50. The molecule has 0 aromatic rings. The molecule has 6 heteroatoms. The molecular formula is C9H17N3O3. The van der Waals surface area contributed by atoms with Crippen molar-refractivity contribution in [1.29, 1.82) is 0 Å². The van der Waals surface area contributed by atoms with Crippen molar-refractivity contribution >= 4 is 11.9 Å². The number of rotatable bonds is 3. The normalized spacial score (nSPS) is 21.1. The van der Waals surface area contributed by atoms with Gasteiger partial charge in [-0.2, -0.15) is 0 Å². The second-order valence-electron chi connectivity index (χ2n) is 3.66. The van der Waals surface area contributed by atoms with E-state index in [0.29, 0.717) is 13.1 Å². The summed E-state index contributed by atoms with van der Waals surface area (Å²) in [4.78, 5) is 23.7. The zero-order valence-electron chi connectivity index (χ0n) is 8.61. The lowest BCUT2D eigenvalue weighted by atomic mass is 10.1. The van der Waals surface area contributed by atoms with Crippen LogP contribution < -0.4 is 11.1 Å². The van der Waals surface area contributed by atoms with Crippen LogP contribution in [0.1, 0.15) is 19.3 Å². The molecule has 0 spiro atoms. The Hall–Kier alpha value is -1.30. The highest BCUT2D eigenvalue weighted by Gasteiger charge is 2.23. The van der Waals surface area contributed by atoms with Gasteiger partial charge in [0.25, 0.3) is 0 Å². The van der Waals surface area contributed by atoms with Crippen LogP contribution in [-0.4, -0.2) is 47.7 Å². The molecule has 1 aliphatic rings. The minimum atomic E-state index is -0.559. The van der Waals surface area contributed by atoms with Gasteiger partial charge in [-0.15, -0.1) is 0 Å². The number of hydrogen-bond acceptors (Lipinski definition) is 3. The number of carbonyl (C=O) groups is 2. The Labute approximate surface area is 88.4 Å². The Kier molecular flexibility index (Phi) is 4.36. The van der Waals surface area contributed by atoms with E-state index in [1.54, 1.807) is 4.90 Å². The Morgan fingerprint density at radius 3 is 2.87 bits per heavy atom. The van der Waals surface area contributed by atoms with Crippen LogP contribution in [0.3, 0.4) is 0 Å². The molecule has 0 unspecified atom stereocenters. The van der Waals surface area contributed by atoms with Gasteiger partial charge >= 0.3 is 6.03 Å². The summed E-state index contributed by atoms with van der Waals surface area (Å²) in [6.45, 7) is 1.04. The number of likely N-dealkylation sites (tertiary alicyclic amines) is 1. The number of piperidine rings is 1. The van der Waals surface area contributed by atoms with Gasteiger partial charge in [-0.25, -0.2) is 4.79 Å². The summed E-state index contributed by atoms with van der Waals surface area (Å²) < 4.78 is 0. The third kappa shape index (κ3) is 3.75.